The van der Waals surface area contributed by atoms with Crippen LogP contribution in [-0.4, -0.2) is 47.6 Å². The van der Waals surface area contributed by atoms with Crippen LogP contribution in [0.1, 0.15) is 56.8 Å². The number of carboxylic acid groups (broad SMARTS) is 1. The minimum absolute atomic E-state index is 0.0204. The highest BCUT2D eigenvalue weighted by molar-refractivity contribution is 7.14. The normalized spacial score (nSPS) is 11.5. The van der Waals surface area contributed by atoms with Gasteiger partial charge in [0.25, 0.3) is 0 Å². The summed E-state index contributed by atoms with van der Waals surface area (Å²) in [6.45, 7) is 7.70. The first-order chi connectivity index (χ1) is 12.5. The maximum atomic E-state index is 11.2. The second-order valence-corrected chi connectivity index (χ2v) is 9.38. The van der Waals surface area contributed by atoms with E-state index >= 15 is 0 Å². The summed E-state index contributed by atoms with van der Waals surface area (Å²) in [4.78, 5) is 24.5. The molecule has 27 heavy (non-hydrogen) atoms. The minimum atomic E-state index is -0.912. The Morgan fingerprint density at radius 1 is 0.889 bits per heavy atom. The number of thiophene rings is 2. The molecule has 0 unspecified atom stereocenters. The number of esters is 1. The third-order valence-corrected chi connectivity index (χ3v) is 6.80. The van der Waals surface area contributed by atoms with Gasteiger partial charge in [-0.05, 0) is 24.3 Å². The highest BCUT2D eigenvalue weighted by atomic mass is 32.1. The van der Waals surface area contributed by atoms with Crippen LogP contribution < -0.4 is 0 Å². The molecule has 0 bridgehead atoms. The van der Waals surface area contributed by atoms with Crippen molar-refractivity contribution in [2.45, 2.75) is 38.5 Å². The summed E-state index contributed by atoms with van der Waals surface area (Å²) in [7, 11) is 1.36. The molecule has 0 amide bonds. The maximum Gasteiger partial charge on any atom is 0.348 e. The van der Waals surface area contributed by atoms with Crippen molar-refractivity contribution in [3.05, 3.63) is 43.8 Å². The summed E-state index contributed by atoms with van der Waals surface area (Å²) in [6.07, 6.45) is 0. The topological polar surface area (TPSA) is 104 Å². The van der Waals surface area contributed by atoms with E-state index in [2.05, 4.69) is 4.74 Å². The predicted molar refractivity (Wildman–Crippen MR) is 107 cm³/mol. The molecule has 0 saturated heterocycles. The number of hydrogen-bond acceptors (Lipinski definition) is 7. The summed E-state index contributed by atoms with van der Waals surface area (Å²) in [5.41, 5.74) is -0.644. The highest BCUT2D eigenvalue weighted by Gasteiger charge is 2.23. The van der Waals surface area contributed by atoms with Crippen LogP contribution in [0.15, 0.2) is 24.3 Å². The van der Waals surface area contributed by atoms with E-state index in [4.69, 9.17) is 15.3 Å². The minimum Gasteiger partial charge on any atom is -0.477 e. The number of carbonyl (C=O) groups excluding carboxylic acids is 1. The van der Waals surface area contributed by atoms with Gasteiger partial charge in [-0.2, -0.15) is 0 Å². The van der Waals surface area contributed by atoms with Crippen LogP contribution in [0.25, 0.3) is 0 Å². The Balaban J connectivity index is 0.000000271. The number of ether oxygens (including phenoxy) is 1. The summed E-state index contributed by atoms with van der Waals surface area (Å²) >= 11 is 2.58. The van der Waals surface area contributed by atoms with E-state index in [1.54, 1.807) is 18.2 Å². The zero-order valence-corrected chi connectivity index (χ0v) is 17.7. The standard InChI is InChI=1S/C10H14O3S.C9H12O3S/c1-10(2,6-11)8-5-4-7(14-8)9(12)13-3;1-9(2,5-10)7-4-3-6(13-7)8(11)12/h4-5,11H,6H2,1-3H3;3-4,10H,5H2,1-2H3,(H,11,12). The molecule has 0 aromatic carbocycles. The van der Waals surface area contributed by atoms with Crippen LogP contribution in [0.5, 0.6) is 0 Å². The van der Waals surface area contributed by atoms with E-state index < -0.39 is 5.97 Å². The van der Waals surface area contributed by atoms with Crippen molar-refractivity contribution in [2.75, 3.05) is 20.3 Å². The SMILES string of the molecule is CC(C)(CO)c1ccc(C(=O)O)s1.COC(=O)c1ccc(C(C)(C)CO)s1. The lowest BCUT2D eigenvalue weighted by Crippen LogP contribution is -2.20. The first-order valence-electron chi connectivity index (χ1n) is 8.22. The molecule has 8 heteroatoms. The molecule has 0 atom stereocenters. The lowest BCUT2D eigenvalue weighted by molar-refractivity contribution is 0.0605. The molecule has 2 aromatic rings. The fraction of sp³-hybridized carbons (Fsp3) is 0.474. The molecule has 0 radical (unpaired) electrons. The number of aliphatic hydroxyl groups is 2. The average molecular weight is 415 g/mol. The molecule has 0 aliphatic rings. The number of aromatic carboxylic acids is 1. The summed E-state index contributed by atoms with van der Waals surface area (Å²) in [5, 5.41) is 26.9. The summed E-state index contributed by atoms with van der Waals surface area (Å²) in [6, 6.07) is 6.90. The number of aliphatic hydroxyl groups excluding tert-OH is 2. The molecule has 0 aliphatic heterocycles. The third kappa shape index (κ3) is 6.14. The Morgan fingerprint density at radius 3 is 1.63 bits per heavy atom. The Labute approximate surface area is 167 Å². The molecular weight excluding hydrogens is 388 g/mol. The van der Waals surface area contributed by atoms with Gasteiger partial charge in [-0.1, -0.05) is 27.7 Å². The van der Waals surface area contributed by atoms with Gasteiger partial charge in [0.2, 0.25) is 0 Å². The molecule has 0 aliphatic carbocycles. The van der Waals surface area contributed by atoms with Gasteiger partial charge in [0.15, 0.2) is 0 Å². The second kappa shape index (κ2) is 9.45. The number of hydrogen-bond donors (Lipinski definition) is 3. The zero-order valence-electron chi connectivity index (χ0n) is 16.1. The van der Waals surface area contributed by atoms with E-state index in [0.29, 0.717) is 9.75 Å². The lowest BCUT2D eigenvalue weighted by Gasteiger charge is -2.19. The van der Waals surface area contributed by atoms with Gasteiger partial charge >= 0.3 is 11.9 Å². The highest BCUT2D eigenvalue weighted by Crippen LogP contribution is 2.30. The molecule has 2 rings (SSSR count). The molecule has 2 aromatic heterocycles. The molecule has 3 N–H and O–H groups in total. The Hall–Kier alpha value is -1.74. The molecule has 6 nitrogen and oxygen atoms in total. The van der Waals surface area contributed by atoms with Gasteiger partial charge in [0.1, 0.15) is 9.75 Å². The van der Waals surface area contributed by atoms with Crippen molar-refractivity contribution < 1.29 is 29.6 Å². The van der Waals surface area contributed by atoms with Crippen molar-refractivity contribution in [2.24, 2.45) is 0 Å². The monoisotopic (exact) mass is 414 g/mol. The molecular formula is C19H26O6S2. The van der Waals surface area contributed by atoms with Gasteiger partial charge in [0.05, 0.1) is 20.3 Å². The van der Waals surface area contributed by atoms with Crippen molar-refractivity contribution in [3.8, 4) is 0 Å². The van der Waals surface area contributed by atoms with Crippen LogP contribution in [0.3, 0.4) is 0 Å². The Kier molecular flexibility index (Phi) is 8.16. The zero-order chi connectivity index (χ0) is 20.8. The molecule has 0 spiro atoms. The predicted octanol–water partition coefficient (Wildman–Crippen LogP) is 3.52. The molecule has 150 valence electrons. The van der Waals surface area contributed by atoms with Gasteiger partial charge in [0, 0.05) is 20.6 Å². The van der Waals surface area contributed by atoms with Gasteiger partial charge in [-0.3, -0.25) is 0 Å². The number of carbonyl (C=O) groups is 2. The largest absolute Gasteiger partial charge is 0.477 e. The summed E-state index contributed by atoms with van der Waals surface area (Å²) in [5.74, 6) is -1.24. The fourth-order valence-corrected chi connectivity index (χ4v) is 3.84. The smallest absolute Gasteiger partial charge is 0.348 e. The number of rotatable bonds is 6. The summed E-state index contributed by atoms with van der Waals surface area (Å²) < 4.78 is 4.60. The van der Waals surface area contributed by atoms with Gasteiger partial charge in [-0.25, -0.2) is 9.59 Å². The number of methoxy groups -OCH3 is 1. The Morgan fingerprint density at radius 2 is 1.30 bits per heavy atom. The van der Waals surface area contributed by atoms with Crippen molar-refractivity contribution in [1.82, 2.24) is 0 Å². The van der Waals surface area contributed by atoms with Crippen molar-refractivity contribution in [3.63, 3.8) is 0 Å². The van der Waals surface area contributed by atoms with Crippen LogP contribution in [0.4, 0.5) is 0 Å². The first-order valence-corrected chi connectivity index (χ1v) is 9.85. The Bertz CT molecular complexity index is 773. The quantitative estimate of drug-likeness (QED) is 0.625. The first kappa shape index (κ1) is 23.3. The van der Waals surface area contributed by atoms with Crippen LogP contribution in [0.2, 0.25) is 0 Å². The van der Waals surface area contributed by atoms with E-state index in [9.17, 15) is 9.59 Å². The van der Waals surface area contributed by atoms with E-state index in [1.807, 2.05) is 33.8 Å². The van der Waals surface area contributed by atoms with Crippen molar-refractivity contribution in [1.29, 1.82) is 0 Å². The number of carboxylic acids is 1. The molecule has 0 fully saturated rings. The van der Waals surface area contributed by atoms with Gasteiger partial charge < -0.3 is 20.1 Å². The second-order valence-electron chi connectivity index (χ2n) is 7.21. The van der Waals surface area contributed by atoms with Crippen LogP contribution >= 0.6 is 22.7 Å². The van der Waals surface area contributed by atoms with Crippen molar-refractivity contribution >= 4 is 34.6 Å². The lowest BCUT2D eigenvalue weighted by atomic mass is 9.93. The van der Waals surface area contributed by atoms with Gasteiger partial charge in [-0.15, -0.1) is 22.7 Å². The third-order valence-electron chi connectivity index (χ3n) is 3.93. The van der Waals surface area contributed by atoms with Crippen LogP contribution in [0, 0.1) is 0 Å². The van der Waals surface area contributed by atoms with E-state index in [-0.39, 0.29) is 30.0 Å². The average Bonchev–Trinajstić information content (AvgIpc) is 3.31. The molecule has 2 heterocycles. The van der Waals surface area contributed by atoms with E-state index in [0.717, 1.165) is 9.75 Å². The maximum absolute atomic E-state index is 11.2. The fourth-order valence-electron chi connectivity index (χ4n) is 1.88. The van der Waals surface area contributed by atoms with E-state index in [1.165, 1.54) is 29.8 Å². The molecule has 0 saturated carbocycles. The van der Waals surface area contributed by atoms with Crippen LogP contribution in [-0.2, 0) is 15.6 Å².